The number of rotatable bonds is 7. The molecule has 178 valence electrons. The normalized spacial score (nSPS) is 14.9. The largest absolute Gasteiger partial charge is 0.492 e. The Labute approximate surface area is 197 Å². The van der Waals surface area contributed by atoms with E-state index >= 15 is 0 Å². The quantitative estimate of drug-likeness (QED) is 0.560. The number of carbonyl (C=O) groups is 2. The minimum Gasteiger partial charge on any atom is -0.492 e. The van der Waals surface area contributed by atoms with Gasteiger partial charge >= 0.3 is 0 Å². The third kappa shape index (κ3) is 5.26. The number of aromatic amines is 1. The van der Waals surface area contributed by atoms with Gasteiger partial charge in [0.15, 0.2) is 0 Å². The summed E-state index contributed by atoms with van der Waals surface area (Å²) in [5.74, 6) is -0.761. The summed E-state index contributed by atoms with van der Waals surface area (Å²) in [6.45, 7) is 1.43. The molecule has 0 saturated heterocycles. The van der Waals surface area contributed by atoms with Gasteiger partial charge in [0.25, 0.3) is 5.91 Å². The Morgan fingerprint density at radius 2 is 1.97 bits per heavy atom. The SMILES string of the molecule is CN(C)CCN(C)C(=O)c1cc(-c2cn[nH]c2)ccc1NC(=O)C1COc2ccc(F)cc2C1. The number of nitrogens with one attached hydrogen (secondary N) is 2. The van der Waals surface area contributed by atoms with E-state index in [-0.39, 0.29) is 24.2 Å². The van der Waals surface area contributed by atoms with Crippen LogP contribution in [0.4, 0.5) is 10.1 Å². The maximum atomic E-state index is 13.6. The molecule has 1 aromatic heterocycles. The van der Waals surface area contributed by atoms with Gasteiger partial charge in [-0.1, -0.05) is 6.07 Å². The molecule has 1 aliphatic heterocycles. The van der Waals surface area contributed by atoms with Crippen LogP contribution < -0.4 is 10.1 Å². The van der Waals surface area contributed by atoms with Crippen molar-refractivity contribution >= 4 is 17.5 Å². The maximum absolute atomic E-state index is 13.6. The fourth-order valence-electron chi connectivity index (χ4n) is 3.84. The second-order valence-corrected chi connectivity index (χ2v) is 8.73. The summed E-state index contributed by atoms with van der Waals surface area (Å²) in [6, 6.07) is 9.63. The lowest BCUT2D eigenvalue weighted by atomic mass is 9.95. The number of H-pyrrole nitrogens is 1. The van der Waals surface area contributed by atoms with Gasteiger partial charge in [-0.15, -0.1) is 0 Å². The number of fused-ring (bicyclic) bond motifs is 1. The second-order valence-electron chi connectivity index (χ2n) is 8.73. The van der Waals surface area contributed by atoms with Crippen LogP contribution in [0.25, 0.3) is 11.1 Å². The number of ether oxygens (including phenoxy) is 1. The molecule has 0 aliphatic carbocycles. The summed E-state index contributed by atoms with van der Waals surface area (Å²) in [5, 5.41) is 9.66. The summed E-state index contributed by atoms with van der Waals surface area (Å²) in [5.41, 5.74) is 3.10. The van der Waals surface area contributed by atoms with Gasteiger partial charge in [-0.3, -0.25) is 14.7 Å². The highest BCUT2D eigenvalue weighted by atomic mass is 19.1. The molecular weight excluding hydrogens is 437 g/mol. The van der Waals surface area contributed by atoms with E-state index in [0.717, 1.165) is 11.1 Å². The number of carbonyl (C=O) groups excluding carboxylic acids is 2. The molecule has 8 nitrogen and oxygen atoms in total. The molecule has 0 saturated carbocycles. The van der Waals surface area contributed by atoms with E-state index in [1.165, 1.54) is 12.1 Å². The monoisotopic (exact) mass is 465 g/mol. The first-order valence-corrected chi connectivity index (χ1v) is 11.1. The van der Waals surface area contributed by atoms with E-state index in [9.17, 15) is 14.0 Å². The van der Waals surface area contributed by atoms with Crippen molar-refractivity contribution < 1.29 is 18.7 Å². The molecule has 1 atom stereocenters. The van der Waals surface area contributed by atoms with Crippen LogP contribution in [0.1, 0.15) is 15.9 Å². The number of nitrogens with zero attached hydrogens (tertiary/aromatic N) is 3. The Morgan fingerprint density at radius 3 is 2.71 bits per heavy atom. The number of halogens is 1. The average molecular weight is 466 g/mol. The Morgan fingerprint density at radius 1 is 1.15 bits per heavy atom. The number of benzene rings is 2. The van der Waals surface area contributed by atoms with Crippen LogP contribution in [0.2, 0.25) is 0 Å². The molecule has 1 aliphatic rings. The third-order valence-corrected chi connectivity index (χ3v) is 5.87. The molecule has 0 fully saturated rings. The van der Waals surface area contributed by atoms with Gasteiger partial charge in [0.05, 0.1) is 23.4 Å². The molecule has 1 unspecified atom stereocenters. The lowest BCUT2D eigenvalue weighted by molar-refractivity contribution is -0.121. The first-order chi connectivity index (χ1) is 16.3. The van der Waals surface area contributed by atoms with E-state index < -0.39 is 5.92 Å². The van der Waals surface area contributed by atoms with Crippen molar-refractivity contribution in [2.24, 2.45) is 5.92 Å². The third-order valence-electron chi connectivity index (χ3n) is 5.87. The van der Waals surface area contributed by atoms with Crippen LogP contribution in [-0.4, -0.2) is 72.7 Å². The Kier molecular flexibility index (Phi) is 6.93. The topological polar surface area (TPSA) is 90.6 Å². The smallest absolute Gasteiger partial charge is 0.255 e. The number of amides is 2. The van der Waals surface area contributed by atoms with Crippen LogP contribution in [0.15, 0.2) is 48.8 Å². The number of likely N-dealkylation sites (N-methyl/N-ethyl adjacent to an activating group) is 2. The van der Waals surface area contributed by atoms with Gasteiger partial charge in [0, 0.05) is 31.9 Å². The van der Waals surface area contributed by atoms with Crippen molar-refractivity contribution in [3.8, 4) is 16.9 Å². The Hall–Kier alpha value is -3.72. The predicted molar refractivity (Wildman–Crippen MR) is 127 cm³/mol. The highest BCUT2D eigenvalue weighted by Gasteiger charge is 2.28. The first kappa shape index (κ1) is 23.4. The van der Waals surface area contributed by atoms with Crippen molar-refractivity contribution in [3.63, 3.8) is 0 Å². The molecule has 4 rings (SSSR count). The molecule has 2 amide bonds. The van der Waals surface area contributed by atoms with Crippen LogP contribution in [-0.2, 0) is 11.2 Å². The number of anilines is 1. The van der Waals surface area contributed by atoms with E-state index in [1.54, 1.807) is 42.5 Å². The zero-order chi connectivity index (χ0) is 24.2. The van der Waals surface area contributed by atoms with Crippen LogP contribution in [0.3, 0.4) is 0 Å². The average Bonchev–Trinajstić information content (AvgIpc) is 3.36. The van der Waals surface area contributed by atoms with Gasteiger partial charge in [0.1, 0.15) is 18.2 Å². The molecule has 3 aromatic rings. The Balaban J connectivity index is 1.57. The minimum absolute atomic E-state index is 0.184. The maximum Gasteiger partial charge on any atom is 0.255 e. The highest BCUT2D eigenvalue weighted by molar-refractivity contribution is 6.05. The molecule has 2 heterocycles. The van der Waals surface area contributed by atoms with Gasteiger partial charge < -0.3 is 19.9 Å². The van der Waals surface area contributed by atoms with Crippen LogP contribution >= 0.6 is 0 Å². The molecule has 34 heavy (non-hydrogen) atoms. The number of hydrogen-bond acceptors (Lipinski definition) is 5. The molecule has 2 N–H and O–H groups in total. The van der Waals surface area contributed by atoms with Gasteiger partial charge in [-0.2, -0.15) is 5.10 Å². The highest BCUT2D eigenvalue weighted by Crippen LogP contribution is 2.30. The lowest BCUT2D eigenvalue weighted by Crippen LogP contribution is -2.35. The van der Waals surface area contributed by atoms with Gasteiger partial charge in [-0.25, -0.2) is 4.39 Å². The molecule has 9 heteroatoms. The molecule has 0 bridgehead atoms. The standard InChI is InChI=1S/C25H28FN5O3/c1-30(2)8-9-31(3)25(33)21-12-16(19-13-27-28-14-19)4-6-22(21)29-24(32)18-10-17-11-20(26)5-7-23(17)34-15-18/h4-7,11-14,18H,8-10,15H2,1-3H3,(H,27,28)(H,29,32). The fraction of sp³-hybridized carbons (Fsp3) is 0.320. The second kappa shape index (κ2) is 10.0. The number of aromatic nitrogens is 2. The predicted octanol–water partition coefficient (Wildman–Crippen LogP) is 3.04. The Bertz CT molecular complexity index is 1180. The minimum atomic E-state index is -0.503. The van der Waals surface area contributed by atoms with Crippen molar-refractivity contribution in [1.29, 1.82) is 0 Å². The first-order valence-electron chi connectivity index (χ1n) is 11.1. The van der Waals surface area contributed by atoms with Crippen LogP contribution in [0, 0.1) is 11.7 Å². The summed E-state index contributed by atoms with van der Waals surface area (Å²) in [6.07, 6.45) is 3.78. The van der Waals surface area contributed by atoms with Crippen molar-refractivity contribution in [1.82, 2.24) is 20.0 Å². The summed E-state index contributed by atoms with van der Waals surface area (Å²) < 4.78 is 19.3. The summed E-state index contributed by atoms with van der Waals surface area (Å²) in [4.78, 5) is 30.1. The summed E-state index contributed by atoms with van der Waals surface area (Å²) in [7, 11) is 5.63. The molecule has 0 radical (unpaired) electrons. The lowest BCUT2D eigenvalue weighted by Gasteiger charge is -2.25. The van der Waals surface area contributed by atoms with Crippen molar-refractivity contribution in [3.05, 3.63) is 65.7 Å². The van der Waals surface area contributed by atoms with Crippen molar-refractivity contribution in [2.45, 2.75) is 6.42 Å². The zero-order valence-electron chi connectivity index (χ0n) is 19.5. The molecule has 0 spiro atoms. The van der Waals surface area contributed by atoms with E-state index in [1.807, 2.05) is 25.1 Å². The molecule has 2 aromatic carbocycles. The van der Waals surface area contributed by atoms with E-state index in [0.29, 0.717) is 42.1 Å². The van der Waals surface area contributed by atoms with Crippen LogP contribution in [0.5, 0.6) is 5.75 Å². The van der Waals surface area contributed by atoms with Gasteiger partial charge in [-0.05, 0) is 62.0 Å². The fourth-order valence-corrected chi connectivity index (χ4v) is 3.84. The van der Waals surface area contributed by atoms with Gasteiger partial charge in [0.2, 0.25) is 5.91 Å². The van der Waals surface area contributed by atoms with Crippen molar-refractivity contribution in [2.75, 3.05) is 46.2 Å². The summed E-state index contributed by atoms with van der Waals surface area (Å²) >= 11 is 0. The van der Waals surface area contributed by atoms with E-state index in [4.69, 9.17) is 4.74 Å². The zero-order valence-corrected chi connectivity index (χ0v) is 19.5. The van der Waals surface area contributed by atoms with E-state index in [2.05, 4.69) is 15.5 Å². The number of hydrogen-bond donors (Lipinski definition) is 2. The molecular formula is C25H28FN5O3.